The number of unbranched alkanes of at least 4 members (excludes halogenated alkanes) is 9. The predicted molar refractivity (Wildman–Crippen MR) is 93.3 cm³/mol. The third kappa shape index (κ3) is 16.2. The standard InChI is InChI=1S/C18H39NO3/c1-2-3-4-5-6-7-8-9-10-11-12-19(13-15-20)14-17-22-18-16-21/h20-21H,2-18H2,1H3. The average Bonchev–Trinajstić information content (AvgIpc) is 2.53. The molecular weight excluding hydrogens is 278 g/mol. The van der Waals surface area contributed by atoms with E-state index in [1.54, 1.807) is 0 Å². The second-order valence-electron chi connectivity index (χ2n) is 6.08. The summed E-state index contributed by atoms with van der Waals surface area (Å²) in [6.07, 6.45) is 13.5. The van der Waals surface area contributed by atoms with Gasteiger partial charge in [0.2, 0.25) is 0 Å². The Labute approximate surface area is 137 Å². The molecule has 0 spiro atoms. The van der Waals surface area contributed by atoms with Gasteiger partial charge in [-0.05, 0) is 13.0 Å². The molecule has 4 nitrogen and oxygen atoms in total. The van der Waals surface area contributed by atoms with Crippen LogP contribution in [0.4, 0.5) is 0 Å². The van der Waals surface area contributed by atoms with Crippen LogP contribution < -0.4 is 0 Å². The van der Waals surface area contributed by atoms with Gasteiger partial charge >= 0.3 is 0 Å². The van der Waals surface area contributed by atoms with Crippen molar-refractivity contribution in [2.45, 2.75) is 71.1 Å². The molecule has 0 aromatic carbocycles. The molecule has 0 bridgehead atoms. The highest BCUT2D eigenvalue weighted by Gasteiger charge is 2.03. The lowest BCUT2D eigenvalue weighted by molar-refractivity contribution is 0.0689. The lowest BCUT2D eigenvalue weighted by Crippen LogP contribution is -2.31. The number of hydrogen-bond donors (Lipinski definition) is 2. The van der Waals surface area contributed by atoms with Crippen LogP contribution in [0.15, 0.2) is 0 Å². The van der Waals surface area contributed by atoms with Crippen LogP contribution in [-0.4, -0.2) is 61.2 Å². The van der Waals surface area contributed by atoms with Gasteiger partial charge in [0.25, 0.3) is 0 Å². The van der Waals surface area contributed by atoms with Crippen LogP contribution in [0, 0.1) is 0 Å². The minimum atomic E-state index is 0.0818. The predicted octanol–water partition coefficient (Wildman–Crippen LogP) is 3.21. The smallest absolute Gasteiger partial charge is 0.0698 e. The van der Waals surface area contributed by atoms with E-state index in [0.29, 0.717) is 13.2 Å². The lowest BCUT2D eigenvalue weighted by atomic mass is 10.1. The Hall–Kier alpha value is -0.160. The Morgan fingerprint density at radius 2 is 1.23 bits per heavy atom. The fraction of sp³-hybridized carbons (Fsp3) is 1.00. The molecule has 0 saturated carbocycles. The fourth-order valence-corrected chi connectivity index (χ4v) is 2.66. The van der Waals surface area contributed by atoms with Crippen molar-refractivity contribution in [1.29, 1.82) is 0 Å². The lowest BCUT2D eigenvalue weighted by Gasteiger charge is -2.21. The first-order valence-electron chi connectivity index (χ1n) is 9.37. The first-order valence-corrected chi connectivity index (χ1v) is 9.37. The summed E-state index contributed by atoms with van der Waals surface area (Å²) in [6.45, 7) is 6.20. The van der Waals surface area contributed by atoms with Crippen molar-refractivity contribution < 1.29 is 14.9 Å². The Kier molecular flexibility index (Phi) is 18.8. The van der Waals surface area contributed by atoms with Crippen molar-refractivity contribution in [2.75, 3.05) is 46.1 Å². The van der Waals surface area contributed by atoms with E-state index in [2.05, 4.69) is 11.8 Å². The average molecular weight is 318 g/mol. The van der Waals surface area contributed by atoms with E-state index in [9.17, 15) is 0 Å². The number of rotatable bonds is 18. The minimum absolute atomic E-state index is 0.0818. The van der Waals surface area contributed by atoms with Crippen LogP contribution in [-0.2, 0) is 4.74 Å². The first-order chi connectivity index (χ1) is 10.8. The summed E-state index contributed by atoms with van der Waals surface area (Å²) in [6, 6.07) is 0. The van der Waals surface area contributed by atoms with E-state index in [1.165, 1.54) is 64.2 Å². The van der Waals surface area contributed by atoms with Crippen molar-refractivity contribution >= 4 is 0 Å². The molecule has 0 aromatic rings. The van der Waals surface area contributed by atoms with Gasteiger partial charge in [0, 0.05) is 13.1 Å². The molecule has 4 heteroatoms. The SMILES string of the molecule is CCCCCCCCCCCCN(CCO)CCOCCO. The Balaban J connectivity index is 3.36. The normalized spacial score (nSPS) is 11.5. The highest BCUT2D eigenvalue weighted by atomic mass is 16.5. The van der Waals surface area contributed by atoms with Gasteiger partial charge in [-0.15, -0.1) is 0 Å². The number of hydrogen-bond acceptors (Lipinski definition) is 4. The number of aliphatic hydroxyl groups excluding tert-OH is 2. The van der Waals surface area contributed by atoms with Gasteiger partial charge in [-0.25, -0.2) is 0 Å². The Bertz CT molecular complexity index is 203. The molecule has 0 aliphatic heterocycles. The molecule has 0 rings (SSSR count). The van der Waals surface area contributed by atoms with Gasteiger partial charge in [0.05, 0.1) is 26.4 Å². The van der Waals surface area contributed by atoms with Crippen LogP contribution >= 0.6 is 0 Å². The summed E-state index contributed by atoms with van der Waals surface area (Å²) in [5.74, 6) is 0. The summed E-state index contributed by atoms with van der Waals surface area (Å²) in [4.78, 5) is 2.25. The zero-order chi connectivity index (χ0) is 16.3. The molecule has 0 aliphatic rings. The summed E-state index contributed by atoms with van der Waals surface area (Å²) < 4.78 is 5.29. The Morgan fingerprint density at radius 3 is 1.77 bits per heavy atom. The third-order valence-corrected chi connectivity index (χ3v) is 4.03. The maximum Gasteiger partial charge on any atom is 0.0698 e. The molecule has 134 valence electrons. The highest BCUT2D eigenvalue weighted by molar-refractivity contribution is 4.58. The maximum atomic E-state index is 9.08. The molecule has 0 fully saturated rings. The summed E-state index contributed by atoms with van der Waals surface area (Å²) in [5.41, 5.74) is 0. The van der Waals surface area contributed by atoms with E-state index in [1.807, 2.05) is 0 Å². The topological polar surface area (TPSA) is 52.9 Å². The molecule has 0 aromatic heterocycles. The zero-order valence-corrected chi connectivity index (χ0v) is 14.8. The summed E-state index contributed by atoms with van der Waals surface area (Å²) >= 11 is 0. The first kappa shape index (κ1) is 21.8. The molecule has 22 heavy (non-hydrogen) atoms. The van der Waals surface area contributed by atoms with Crippen molar-refractivity contribution in [3.63, 3.8) is 0 Å². The zero-order valence-electron chi connectivity index (χ0n) is 14.8. The van der Waals surface area contributed by atoms with E-state index in [4.69, 9.17) is 14.9 Å². The van der Waals surface area contributed by atoms with Crippen LogP contribution in [0.1, 0.15) is 71.1 Å². The van der Waals surface area contributed by atoms with E-state index in [0.717, 1.165) is 19.6 Å². The summed E-state index contributed by atoms with van der Waals surface area (Å²) in [7, 11) is 0. The van der Waals surface area contributed by atoms with Crippen molar-refractivity contribution in [3.05, 3.63) is 0 Å². The largest absolute Gasteiger partial charge is 0.395 e. The monoisotopic (exact) mass is 317 g/mol. The van der Waals surface area contributed by atoms with E-state index >= 15 is 0 Å². The highest BCUT2D eigenvalue weighted by Crippen LogP contribution is 2.10. The molecule has 0 amide bonds. The van der Waals surface area contributed by atoms with Crippen molar-refractivity contribution in [3.8, 4) is 0 Å². The Morgan fingerprint density at radius 1 is 0.636 bits per heavy atom. The molecular formula is C18H39NO3. The van der Waals surface area contributed by atoms with Crippen LogP contribution in [0.25, 0.3) is 0 Å². The minimum Gasteiger partial charge on any atom is -0.395 e. The molecule has 0 radical (unpaired) electrons. The van der Waals surface area contributed by atoms with Gasteiger partial charge in [-0.3, -0.25) is 4.90 Å². The van der Waals surface area contributed by atoms with Crippen molar-refractivity contribution in [1.82, 2.24) is 4.90 Å². The number of aliphatic hydroxyl groups is 2. The summed E-state index contributed by atoms with van der Waals surface area (Å²) in [5, 5.41) is 17.7. The molecule has 0 saturated heterocycles. The third-order valence-electron chi connectivity index (χ3n) is 4.03. The van der Waals surface area contributed by atoms with Gasteiger partial charge < -0.3 is 14.9 Å². The molecule has 0 unspecified atom stereocenters. The van der Waals surface area contributed by atoms with Gasteiger partial charge in [0.15, 0.2) is 0 Å². The van der Waals surface area contributed by atoms with Gasteiger partial charge in [-0.2, -0.15) is 0 Å². The van der Waals surface area contributed by atoms with Crippen LogP contribution in [0.5, 0.6) is 0 Å². The van der Waals surface area contributed by atoms with Gasteiger partial charge in [0.1, 0.15) is 0 Å². The second-order valence-corrected chi connectivity index (χ2v) is 6.08. The fourth-order valence-electron chi connectivity index (χ4n) is 2.66. The molecule has 0 aliphatic carbocycles. The van der Waals surface area contributed by atoms with E-state index in [-0.39, 0.29) is 13.2 Å². The molecule has 0 heterocycles. The number of ether oxygens (including phenoxy) is 1. The number of nitrogens with zero attached hydrogens (tertiary/aromatic N) is 1. The van der Waals surface area contributed by atoms with Crippen molar-refractivity contribution in [2.24, 2.45) is 0 Å². The van der Waals surface area contributed by atoms with E-state index < -0.39 is 0 Å². The maximum absolute atomic E-state index is 9.08. The molecule has 2 N–H and O–H groups in total. The quantitative estimate of drug-likeness (QED) is 0.381. The van der Waals surface area contributed by atoms with Gasteiger partial charge in [-0.1, -0.05) is 64.7 Å². The van der Waals surface area contributed by atoms with Crippen LogP contribution in [0.2, 0.25) is 0 Å². The molecule has 0 atom stereocenters. The second kappa shape index (κ2) is 18.9. The van der Waals surface area contributed by atoms with Crippen LogP contribution in [0.3, 0.4) is 0 Å².